The van der Waals surface area contributed by atoms with Gasteiger partial charge in [0, 0.05) is 14.1 Å². The summed E-state index contributed by atoms with van der Waals surface area (Å²) in [7, 11) is -0.603. The smallest absolute Gasteiger partial charge is 0.303 e. The molecule has 1 rings (SSSR count). The molecule has 0 aliphatic heterocycles. The van der Waals surface area contributed by atoms with Gasteiger partial charge in [-0.3, -0.25) is 9.59 Å². The molecule has 104 valence electrons. The summed E-state index contributed by atoms with van der Waals surface area (Å²) in [6, 6.07) is 0. The number of carbonyl (C=O) groups excluding carboxylic acids is 1. The molecule has 1 fully saturated rings. The number of hydrogen-bond donors (Lipinski definition) is 1. The average Bonchev–Trinajstić information content (AvgIpc) is 2.92. The van der Waals surface area contributed by atoms with Gasteiger partial charge in [0.15, 0.2) is 9.84 Å². The van der Waals surface area contributed by atoms with Crippen molar-refractivity contribution in [2.75, 3.05) is 19.8 Å². The molecule has 18 heavy (non-hydrogen) atoms. The topological polar surface area (TPSA) is 91.8 Å². The van der Waals surface area contributed by atoms with E-state index in [9.17, 15) is 18.0 Å². The van der Waals surface area contributed by atoms with Crippen LogP contribution in [0.1, 0.15) is 26.2 Å². The summed E-state index contributed by atoms with van der Waals surface area (Å²) < 4.78 is 24.1. The molecular weight excluding hydrogens is 258 g/mol. The molecule has 0 aromatic rings. The van der Waals surface area contributed by atoms with Crippen LogP contribution in [0.3, 0.4) is 0 Å². The molecule has 1 aliphatic rings. The lowest BCUT2D eigenvalue weighted by Gasteiger charge is -2.20. The lowest BCUT2D eigenvalue weighted by Crippen LogP contribution is -2.39. The van der Waals surface area contributed by atoms with Crippen molar-refractivity contribution in [3.8, 4) is 0 Å². The zero-order chi connectivity index (χ0) is 14.1. The van der Waals surface area contributed by atoms with E-state index < -0.39 is 32.4 Å². The van der Waals surface area contributed by atoms with E-state index in [0.717, 1.165) is 0 Å². The van der Waals surface area contributed by atoms with Crippen molar-refractivity contribution < 1.29 is 23.1 Å². The molecule has 1 unspecified atom stereocenters. The van der Waals surface area contributed by atoms with E-state index >= 15 is 0 Å². The van der Waals surface area contributed by atoms with Crippen LogP contribution in [-0.2, 0) is 19.4 Å². The molecule has 1 saturated carbocycles. The molecule has 6 nitrogen and oxygen atoms in total. The molecule has 1 atom stereocenters. The van der Waals surface area contributed by atoms with Crippen molar-refractivity contribution in [2.24, 2.45) is 5.41 Å². The van der Waals surface area contributed by atoms with Crippen molar-refractivity contribution >= 4 is 21.7 Å². The number of amides is 1. The van der Waals surface area contributed by atoms with Crippen molar-refractivity contribution in [1.82, 2.24) is 4.90 Å². The minimum Gasteiger partial charge on any atom is -0.481 e. The highest BCUT2D eigenvalue weighted by Gasteiger charge is 2.49. The third-order valence-corrected chi connectivity index (χ3v) is 5.61. The molecule has 0 aromatic heterocycles. The first-order valence-corrected chi connectivity index (χ1v) is 7.46. The number of hydrogen-bond acceptors (Lipinski definition) is 4. The molecule has 0 spiro atoms. The third kappa shape index (κ3) is 3.44. The van der Waals surface area contributed by atoms with Crippen LogP contribution in [0.5, 0.6) is 0 Å². The van der Waals surface area contributed by atoms with Crippen LogP contribution in [0.4, 0.5) is 0 Å². The molecule has 0 radical (unpaired) electrons. The van der Waals surface area contributed by atoms with E-state index in [4.69, 9.17) is 5.11 Å². The molecule has 1 aliphatic carbocycles. The monoisotopic (exact) mass is 277 g/mol. The summed E-state index contributed by atoms with van der Waals surface area (Å²) in [4.78, 5) is 23.6. The fourth-order valence-corrected chi connectivity index (χ4v) is 3.95. The van der Waals surface area contributed by atoms with Crippen molar-refractivity contribution in [1.29, 1.82) is 0 Å². The number of rotatable bonds is 6. The van der Waals surface area contributed by atoms with Crippen LogP contribution in [0.25, 0.3) is 0 Å². The Hall–Kier alpha value is -1.11. The van der Waals surface area contributed by atoms with Gasteiger partial charge < -0.3 is 10.0 Å². The Morgan fingerprint density at radius 3 is 2.17 bits per heavy atom. The van der Waals surface area contributed by atoms with Crippen LogP contribution in [0.15, 0.2) is 0 Å². The first kappa shape index (κ1) is 14.9. The Labute approximate surface area is 107 Å². The summed E-state index contributed by atoms with van der Waals surface area (Å²) in [5.41, 5.74) is -0.647. The van der Waals surface area contributed by atoms with Crippen molar-refractivity contribution in [3.05, 3.63) is 0 Å². The number of carboxylic acid groups (broad SMARTS) is 1. The van der Waals surface area contributed by atoms with Crippen LogP contribution >= 0.6 is 0 Å². The maximum Gasteiger partial charge on any atom is 0.303 e. The first-order valence-electron chi connectivity index (χ1n) is 5.74. The van der Waals surface area contributed by atoms with Crippen LogP contribution < -0.4 is 0 Å². The highest BCUT2D eigenvalue weighted by Crippen LogP contribution is 2.50. The van der Waals surface area contributed by atoms with Gasteiger partial charge in [0.1, 0.15) is 5.25 Å². The van der Waals surface area contributed by atoms with E-state index in [1.54, 1.807) is 0 Å². The van der Waals surface area contributed by atoms with Gasteiger partial charge in [0.05, 0.1) is 12.2 Å². The second-order valence-corrected chi connectivity index (χ2v) is 7.57. The number of aliphatic carboxylic acids is 1. The third-order valence-electron chi connectivity index (χ3n) is 3.32. The molecule has 1 amide bonds. The zero-order valence-electron chi connectivity index (χ0n) is 10.8. The van der Waals surface area contributed by atoms with Gasteiger partial charge in [-0.15, -0.1) is 0 Å². The van der Waals surface area contributed by atoms with E-state index in [0.29, 0.717) is 12.8 Å². The molecule has 0 bridgehead atoms. The van der Waals surface area contributed by atoms with E-state index in [1.165, 1.54) is 25.9 Å². The van der Waals surface area contributed by atoms with E-state index in [1.807, 2.05) is 0 Å². The molecule has 0 saturated heterocycles. The zero-order valence-corrected chi connectivity index (χ0v) is 11.7. The Balaban J connectivity index is 2.77. The summed E-state index contributed by atoms with van der Waals surface area (Å²) >= 11 is 0. The second kappa shape index (κ2) is 4.87. The largest absolute Gasteiger partial charge is 0.481 e. The Bertz CT molecular complexity index is 450. The summed E-state index contributed by atoms with van der Waals surface area (Å²) in [5.74, 6) is -1.68. The highest BCUT2D eigenvalue weighted by molar-refractivity contribution is 7.92. The maximum atomic E-state index is 12.1. The molecule has 0 heterocycles. The number of nitrogens with zero attached hydrogens (tertiary/aromatic N) is 1. The number of carbonyl (C=O) groups is 2. The lowest BCUT2D eigenvalue weighted by atomic mass is 10.1. The number of sulfone groups is 1. The maximum absolute atomic E-state index is 12.1. The number of carboxylic acids is 1. The lowest BCUT2D eigenvalue weighted by molar-refractivity contribution is -0.138. The molecular formula is C11H19NO5S. The van der Waals surface area contributed by atoms with Crippen LogP contribution in [0.2, 0.25) is 0 Å². The first-order chi connectivity index (χ1) is 8.10. The summed E-state index contributed by atoms with van der Waals surface area (Å²) in [5, 5.41) is 7.64. The van der Waals surface area contributed by atoms with E-state index in [-0.39, 0.29) is 12.2 Å². The summed E-state index contributed by atoms with van der Waals surface area (Å²) in [6.45, 7) is 1.36. The molecule has 0 aromatic carbocycles. The summed E-state index contributed by atoms with van der Waals surface area (Å²) in [6.07, 6.45) is 1.05. The van der Waals surface area contributed by atoms with Crippen molar-refractivity contribution in [2.45, 2.75) is 31.4 Å². The second-order valence-electron chi connectivity index (χ2n) is 5.25. The van der Waals surface area contributed by atoms with Crippen LogP contribution in [0, 0.1) is 5.41 Å². The molecule has 1 N–H and O–H groups in total. The van der Waals surface area contributed by atoms with E-state index in [2.05, 4.69) is 0 Å². The predicted octanol–water partition coefficient (Wildman–Crippen LogP) is 0.133. The van der Waals surface area contributed by atoms with Gasteiger partial charge in [-0.1, -0.05) is 0 Å². The van der Waals surface area contributed by atoms with Gasteiger partial charge in [0.25, 0.3) is 0 Å². The SMILES string of the molecule is CC(C(=O)N(C)C)S(=O)(=O)CC1(CC(=O)O)CC1. The Morgan fingerprint density at radius 2 is 1.83 bits per heavy atom. The van der Waals surface area contributed by atoms with Gasteiger partial charge in [-0.05, 0) is 25.2 Å². The Kier molecular flexibility index (Phi) is 4.05. The van der Waals surface area contributed by atoms with Gasteiger partial charge >= 0.3 is 5.97 Å². The molecule has 7 heteroatoms. The predicted molar refractivity (Wildman–Crippen MR) is 65.9 cm³/mol. The highest BCUT2D eigenvalue weighted by atomic mass is 32.2. The van der Waals surface area contributed by atoms with Crippen molar-refractivity contribution in [3.63, 3.8) is 0 Å². The van der Waals surface area contributed by atoms with Gasteiger partial charge in [0.2, 0.25) is 5.91 Å². The average molecular weight is 277 g/mol. The minimum atomic E-state index is -3.60. The Morgan fingerprint density at radius 1 is 1.33 bits per heavy atom. The fraction of sp³-hybridized carbons (Fsp3) is 0.818. The van der Waals surface area contributed by atoms with Gasteiger partial charge in [-0.25, -0.2) is 8.42 Å². The van der Waals surface area contributed by atoms with Gasteiger partial charge in [-0.2, -0.15) is 0 Å². The quantitative estimate of drug-likeness (QED) is 0.745. The standard InChI is InChI=1S/C11H19NO5S/c1-8(10(15)12(2)3)18(16,17)7-11(4-5-11)6-9(13)14/h8H,4-7H2,1-3H3,(H,13,14). The van der Waals surface area contributed by atoms with Crippen LogP contribution in [-0.4, -0.2) is 55.4 Å². The minimum absolute atomic E-state index is 0.144. The normalized spacial score (nSPS) is 19.1. The fourth-order valence-electron chi connectivity index (χ4n) is 1.94.